The highest BCUT2D eigenvalue weighted by molar-refractivity contribution is 5.80. The molecule has 1 fully saturated rings. The van der Waals surface area contributed by atoms with Gasteiger partial charge >= 0.3 is 0 Å². The highest BCUT2D eigenvalue weighted by Crippen LogP contribution is 2.17. The van der Waals surface area contributed by atoms with Gasteiger partial charge in [-0.25, -0.2) is 4.99 Å². The molecule has 0 spiro atoms. The molecule has 1 saturated carbocycles. The molecule has 2 aromatic rings. The fraction of sp³-hybridized carbons (Fsp3) is 0.474. The summed E-state index contributed by atoms with van der Waals surface area (Å²) < 4.78 is 1.97. The first-order valence-corrected chi connectivity index (χ1v) is 8.93. The Morgan fingerprint density at radius 2 is 2.00 bits per heavy atom. The molecule has 24 heavy (non-hydrogen) atoms. The van der Waals surface area contributed by atoms with Crippen molar-refractivity contribution in [2.24, 2.45) is 4.99 Å². The second-order valence-electron chi connectivity index (χ2n) is 6.35. The molecule has 1 aromatic carbocycles. The molecule has 5 nitrogen and oxygen atoms in total. The third kappa shape index (κ3) is 4.85. The van der Waals surface area contributed by atoms with Gasteiger partial charge in [-0.05, 0) is 25.3 Å². The molecule has 0 bridgehead atoms. The minimum Gasteiger partial charge on any atom is -0.357 e. The van der Waals surface area contributed by atoms with Gasteiger partial charge in [0.1, 0.15) is 0 Å². The van der Waals surface area contributed by atoms with Crippen LogP contribution in [0.3, 0.4) is 0 Å². The molecule has 128 valence electrons. The van der Waals surface area contributed by atoms with Gasteiger partial charge in [0, 0.05) is 24.3 Å². The van der Waals surface area contributed by atoms with E-state index in [-0.39, 0.29) is 0 Å². The predicted molar refractivity (Wildman–Crippen MR) is 98.0 cm³/mol. The van der Waals surface area contributed by atoms with Crippen molar-refractivity contribution >= 4 is 5.96 Å². The molecule has 0 saturated heterocycles. The van der Waals surface area contributed by atoms with Crippen molar-refractivity contribution in [3.63, 3.8) is 0 Å². The van der Waals surface area contributed by atoms with Crippen molar-refractivity contribution in [2.45, 2.75) is 51.7 Å². The van der Waals surface area contributed by atoms with Gasteiger partial charge < -0.3 is 10.6 Å². The second-order valence-corrected chi connectivity index (χ2v) is 6.35. The third-order valence-corrected chi connectivity index (χ3v) is 4.33. The van der Waals surface area contributed by atoms with E-state index in [0.717, 1.165) is 24.6 Å². The van der Waals surface area contributed by atoms with Gasteiger partial charge in [0.25, 0.3) is 0 Å². The van der Waals surface area contributed by atoms with Crippen molar-refractivity contribution < 1.29 is 0 Å². The first-order valence-electron chi connectivity index (χ1n) is 8.93. The van der Waals surface area contributed by atoms with E-state index in [2.05, 4.69) is 53.1 Å². The van der Waals surface area contributed by atoms with Crippen LogP contribution in [0.1, 0.15) is 43.7 Å². The molecule has 0 radical (unpaired) electrons. The van der Waals surface area contributed by atoms with E-state index in [9.17, 15) is 0 Å². The molecule has 0 amide bonds. The van der Waals surface area contributed by atoms with E-state index in [4.69, 9.17) is 4.99 Å². The van der Waals surface area contributed by atoms with E-state index in [1.807, 2.05) is 16.9 Å². The molecule has 1 aromatic heterocycles. The Bertz CT molecular complexity index is 641. The van der Waals surface area contributed by atoms with Gasteiger partial charge in [-0.2, -0.15) is 5.10 Å². The lowest BCUT2D eigenvalue weighted by Gasteiger charge is -2.16. The van der Waals surface area contributed by atoms with Gasteiger partial charge in [0.05, 0.1) is 19.3 Å². The van der Waals surface area contributed by atoms with Crippen LogP contribution in [0, 0.1) is 0 Å². The summed E-state index contributed by atoms with van der Waals surface area (Å²) in [5, 5.41) is 11.3. The molecule has 1 heterocycles. The second kappa shape index (κ2) is 8.52. The van der Waals surface area contributed by atoms with Crippen LogP contribution in [0.15, 0.2) is 47.7 Å². The quantitative estimate of drug-likeness (QED) is 0.634. The summed E-state index contributed by atoms with van der Waals surface area (Å²) in [6.07, 6.45) is 9.13. The summed E-state index contributed by atoms with van der Waals surface area (Å²) in [5.41, 5.74) is 2.39. The monoisotopic (exact) mass is 325 g/mol. The average molecular weight is 325 g/mol. The van der Waals surface area contributed by atoms with E-state index < -0.39 is 0 Å². The summed E-state index contributed by atoms with van der Waals surface area (Å²) in [4.78, 5) is 4.71. The molecular formula is C19H27N5. The first kappa shape index (κ1) is 16.6. The van der Waals surface area contributed by atoms with E-state index >= 15 is 0 Å². The Labute approximate surface area is 144 Å². The number of aliphatic imine (C=N–C) groups is 1. The largest absolute Gasteiger partial charge is 0.357 e. The van der Waals surface area contributed by atoms with Gasteiger partial charge in [-0.3, -0.25) is 4.68 Å². The van der Waals surface area contributed by atoms with Crippen molar-refractivity contribution in [3.05, 3.63) is 53.9 Å². The predicted octanol–water partition coefficient (Wildman–Crippen LogP) is 2.93. The zero-order chi connectivity index (χ0) is 16.6. The molecule has 1 aliphatic carbocycles. The van der Waals surface area contributed by atoms with Gasteiger partial charge in [0.15, 0.2) is 5.96 Å². The van der Waals surface area contributed by atoms with Crippen molar-refractivity contribution in [3.8, 4) is 0 Å². The SMILES string of the molecule is CCNC(=NCc1cnn(Cc2ccccc2)c1)NC1CCCC1. The van der Waals surface area contributed by atoms with E-state index in [1.54, 1.807) is 0 Å². The number of guanidine groups is 1. The van der Waals surface area contributed by atoms with Gasteiger partial charge in [-0.1, -0.05) is 43.2 Å². The summed E-state index contributed by atoms with van der Waals surface area (Å²) in [7, 11) is 0. The standard InChI is InChI=1S/C19H27N5/c1-2-20-19(23-18-10-6-7-11-18)21-12-17-13-22-24(15-17)14-16-8-4-3-5-9-16/h3-5,8-9,13,15,18H,2,6-7,10-12,14H2,1H3,(H2,20,21,23). The Balaban J connectivity index is 1.57. The van der Waals surface area contributed by atoms with Crippen molar-refractivity contribution in [1.82, 2.24) is 20.4 Å². The lowest BCUT2D eigenvalue weighted by molar-refractivity contribution is 0.614. The number of nitrogens with one attached hydrogen (secondary N) is 2. The van der Waals surface area contributed by atoms with Crippen LogP contribution < -0.4 is 10.6 Å². The molecule has 0 aliphatic heterocycles. The molecule has 0 atom stereocenters. The lowest BCUT2D eigenvalue weighted by Crippen LogP contribution is -2.42. The first-order chi connectivity index (χ1) is 11.8. The number of rotatable bonds is 6. The molecule has 0 unspecified atom stereocenters. The zero-order valence-electron chi connectivity index (χ0n) is 14.4. The van der Waals surface area contributed by atoms with Gasteiger partial charge in [0.2, 0.25) is 0 Å². The maximum Gasteiger partial charge on any atom is 0.191 e. The average Bonchev–Trinajstić information content (AvgIpc) is 3.26. The van der Waals surface area contributed by atoms with Crippen LogP contribution in [0.25, 0.3) is 0 Å². The van der Waals surface area contributed by atoms with Crippen molar-refractivity contribution in [2.75, 3.05) is 6.54 Å². The summed E-state index contributed by atoms with van der Waals surface area (Å²) in [6, 6.07) is 11.0. The smallest absolute Gasteiger partial charge is 0.191 e. The van der Waals surface area contributed by atoms with Crippen LogP contribution in [-0.4, -0.2) is 28.3 Å². The number of hydrogen-bond acceptors (Lipinski definition) is 2. The number of hydrogen-bond donors (Lipinski definition) is 2. The molecular weight excluding hydrogens is 298 g/mol. The summed E-state index contributed by atoms with van der Waals surface area (Å²) in [6.45, 7) is 4.43. The Morgan fingerprint density at radius 1 is 1.21 bits per heavy atom. The Hall–Kier alpha value is -2.30. The number of nitrogens with zero attached hydrogens (tertiary/aromatic N) is 3. The van der Waals surface area contributed by atoms with Crippen molar-refractivity contribution in [1.29, 1.82) is 0 Å². The van der Waals surface area contributed by atoms with Crippen LogP contribution in [0.4, 0.5) is 0 Å². The van der Waals surface area contributed by atoms with E-state index in [0.29, 0.717) is 12.6 Å². The van der Waals surface area contributed by atoms with E-state index in [1.165, 1.54) is 31.2 Å². The Kier molecular flexibility index (Phi) is 5.88. The van der Waals surface area contributed by atoms with Crippen LogP contribution in [-0.2, 0) is 13.1 Å². The van der Waals surface area contributed by atoms with Crippen LogP contribution >= 0.6 is 0 Å². The highest BCUT2D eigenvalue weighted by Gasteiger charge is 2.15. The Morgan fingerprint density at radius 3 is 2.75 bits per heavy atom. The zero-order valence-corrected chi connectivity index (χ0v) is 14.4. The summed E-state index contributed by atoms with van der Waals surface area (Å²) >= 11 is 0. The molecule has 5 heteroatoms. The fourth-order valence-corrected chi connectivity index (χ4v) is 3.10. The highest BCUT2D eigenvalue weighted by atomic mass is 15.3. The third-order valence-electron chi connectivity index (χ3n) is 4.33. The topological polar surface area (TPSA) is 54.2 Å². The normalized spacial score (nSPS) is 15.6. The van der Waals surface area contributed by atoms with Gasteiger partial charge in [-0.15, -0.1) is 0 Å². The maximum absolute atomic E-state index is 4.71. The minimum absolute atomic E-state index is 0.573. The number of aromatic nitrogens is 2. The minimum atomic E-state index is 0.573. The van der Waals surface area contributed by atoms with Crippen LogP contribution in [0.5, 0.6) is 0 Å². The molecule has 2 N–H and O–H groups in total. The maximum atomic E-state index is 4.71. The number of benzene rings is 1. The summed E-state index contributed by atoms with van der Waals surface area (Å²) in [5.74, 6) is 0.917. The lowest BCUT2D eigenvalue weighted by atomic mass is 10.2. The molecule has 1 aliphatic rings. The van der Waals surface area contributed by atoms with Crippen LogP contribution in [0.2, 0.25) is 0 Å². The fourth-order valence-electron chi connectivity index (χ4n) is 3.10. The molecule has 3 rings (SSSR count).